The van der Waals surface area contributed by atoms with Gasteiger partial charge in [-0.1, -0.05) is 24.2 Å². The van der Waals surface area contributed by atoms with Crippen molar-refractivity contribution in [2.45, 2.75) is 26.3 Å². The number of methoxy groups -OCH3 is 2. The lowest BCUT2D eigenvalue weighted by Gasteiger charge is -2.37. The average molecular weight is 469 g/mol. The van der Waals surface area contributed by atoms with Crippen LogP contribution in [0.3, 0.4) is 0 Å². The van der Waals surface area contributed by atoms with Crippen LogP contribution in [-0.4, -0.2) is 40.9 Å². The van der Waals surface area contributed by atoms with Crippen molar-refractivity contribution in [3.8, 4) is 22.9 Å². The molecule has 0 fully saturated rings. The van der Waals surface area contributed by atoms with Gasteiger partial charge in [-0.25, -0.2) is 4.39 Å². The zero-order chi connectivity index (χ0) is 23.5. The summed E-state index contributed by atoms with van der Waals surface area (Å²) in [5.41, 5.74) is 3.28. The van der Waals surface area contributed by atoms with Crippen LogP contribution in [0.2, 0.25) is 0 Å². The SMILES string of the molecule is CCCN1C(=S)NC(c2ccc(F)cc2)C(c2nc(-c3ccc(OC)c(OC)c3)no2)=C1C. The third-order valence-electron chi connectivity index (χ3n) is 5.55. The quantitative estimate of drug-likeness (QED) is 0.488. The maximum atomic E-state index is 13.6. The first-order chi connectivity index (χ1) is 16.0. The standard InChI is InChI=1S/C24H25FN4O3S/c1-5-12-29-14(2)20(21(26-24(29)33)15-6-9-17(25)10-7-15)23-27-22(28-32-23)16-8-11-18(30-3)19(13-16)31-4/h6-11,13,21H,5,12H2,1-4H3,(H,26,33). The molecule has 4 rings (SSSR count). The number of halogens is 1. The summed E-state index contributed by atoms with van der Waals surface area (Å²) in [5, 5.41) is 8.17. The summed E-state index contributed by atoms with van der Waals surface area (Å²) in [5.74, 6) is 1.65. The average Bonchev–Trinajstić information content (AvgIpc) is 3.31. The molecule has 1 atom stereocenters. The molecule has 1 aromatic heterocycles. The van der Waals surface area contributed by atoms with E-state index in [1.807, 2.05) is 17.9 Å². The fourth-order valence-electron chi connectivity index (χ4n) is 3.88. The molecule has 0 aliphatic carbocycles. The van der Waals surface area contributed by atoms with Gasteiger partial charge in [-0.3, -0.25) is 0 Å². The van der Waals surface area contributed by atoms with E-state index in [1.165, 1.54) is 12.1 Å². The lowest BCUT2D eigenvalue weighted by Crippen LogP contribution is -2.46. The summed E-state index contributed by atoms with van der Waals surface area (Å²) in [7, 11) is 3.15. The second-order valence-corrected chi connectivity index (χ2v) is 7.96. The van der Waals surface area contributed by atoms with Crippen LogP contribution in [0.1, 0.15) is 37.8 Å². The molecule has 0 bridgehead atoms. The highest BCUT2D eigenvalue weighted by molar-refractivity contribution is 7.80. The number of nitrogens with one attached hydrogen (secondary N) is 1. The zero-order valence-electron chi connectivity index (χ0n) is 18.9. The van der Waals surface area contributed by atoms with Crippen LogP contribution >= 0.6 is 12.2 Å². The van der Waals surface area contributed by atoms with Gasteiger partial charge in [-0.2, -0.15) is 4.98 Å². The number of aromatic nitrogens is 2. The molecule has 1 unspecified atom stereocenters. The van der Waals surface area contributed by atoms with Crippen LogP contribution in [0.25, 0.3) is 17.0 Å². The molecule has 2 aromatic carbocycles. The number of hydrogen-bond donors (Lipinski definition) is 1. The third kappa shape index (κ3) is 4.41. The van der Waals surface area contributed by atoms with Gasteiger partial charge in [0.2, 0.25) is 5.82 Å². The molecule has 1 aliphatic rings. The van der Waals surface area contributed by atoms with Crippen molar-refractivity contribution in [3.63, 3.8) is 0 Å². The molecule has 7 nitrogen and oxygen atoms in total. The second-order valence-electron chi connectivity index (χ2n) is 7.58. The topological polar surface area (TPSA) is 72.7 Å². The van der Waals surface area contributed by atoms with Crippen molar-refractivity contribution < 1.29 is 18.4 Å². The molecular weight excluding hydrogens is 443 g/mol. The highest BCUT2D eigenvalue weighted by atomic mass is 32.1. The summed E-state index contributed by atoms with van der Waals surface area (Å²) in [6.07, 6.45) is 0.911. The summed E-state index contributed by atoms with van der Waals surface area (Å²) in [6.45, 7) is 4.81. The number of rotatable bonds is 7. The monoisotopic (exact) mass is 468 g/mol. The van der Waals surface area contributed by atoms with Crippen molar-refractivity contribution in [3.05, 3.63) is 65.4 Å². The van der Waals surface area contributed by atoms with Crippen molar-refractivity contribution in [2.24, 2.45) is 0 Å². The third-order valence-corrected chi connectivity index (χ3v) is 5.88. The first-order valence-electron chi connectivity index (χ1n) is 10.6. The number of ether oxygens (including phenoxy) is 2. The summed E-state index contributed by atoms with van der Waals surface area (Å²) in [4.78, 5) is 6.70. The fraction of sp³-hybridized carbons (Fsp3) is 0.292. The second kappa shape index (κ2) is 9.58. The van der Waals surface area contributed by atoms with Crippen LogP contribution < -0.4 is 14.8 Å². The van der Waals surface area contributed by atoms with E-state index in [0.717, 1.165) is 35.4 Å². The molecule has 0 spiro atoms. The van der Waals surface area contributed by atoms with Gasteiger partial charge in [-0.05, 0) is 61.5 Å². The van der Waals surface area contributed by atoms with Gasteiger partial charge in [0.15, 0.2) is 16.6 Å². The molecule has 1 aliphatic heterocycles. The molecule has 0 amide bonds. The molecule has 0 radical (unpaired) electrons. The molecule has 33 heavy (non-hydrogen) atoms. The highest BCUT2D eigenvalue weighted by Crippen LogP contribution is 2.38. The predicted octanol–water partition coefficient (Wildman–Crippen LogP) is 4.97. The van der Waals surface area contributed by atoms with E-state index in [0.29, 0.717) is 28.3 Å². The van der Waals surface area contributed by atoms with Gasteiger partial charge in [0.25, 0.3) is 5.89 Å². The highest BCUT2D eigenvalue weighted by Gasteiger charge is 2.33. The number of benzene rings is 2. The zero-order valence-corrected chi connectivity index (χ0v) is 19.7. The minimum atomic E-state index is -0.357. The van der Waals surface area contributed by atoms with E-state index in [4.69, 9.17) is 26.2 Å². The smallest absolute Gasteiger partial charge is 0.258 e. The maximum absolute atomic E-state index is 13.6. The summed E-state index contributed by atoms with van der Waals surface area (Å²) < 4.78 is 30.0. The van der Waals surface area contributed by atoms with Crippen LogP contribution in [0, 0.1) is 5.82 Å². The van der Waals surface area contributed by atoms with Crippen molar-refractivity contribution in [1.29, 1.82) is 0 Å². The molecule has 172 valence electrons. The molecule has 0 saturated heterocycles. The van der Waals surface area contributed by atoms with Gasteiger partial charge < -0.3 is 24.2 Å². The summed E-state index contributed by atoms with van der Waals surface area (Å²) in [6, 6.07) is 11.4. The first-order valence-corrected chi connectivity index (χ1v) is 11.0. The van der Waals surface area contributed by atoms with Gasteiger partial charge >= 0.3 is 0 Å². The van der Waals surface area contributed by atoms with E-state index in [1.54, 1.807) is 38.5 Å². The number of hydrogen-bond acceptors (Lipinski definition) is 6. The lowest BCUT2D eigenvalue weighted by molar-refractivity contribution is 0.355. The van der Waals surface area contributed by atoms with E-state index in [9.17, 15) is 4.39 Å². The van der Waals surface area contributed by atoms with Gasteiger partial charge in [0.1, 0.15) is 5.82 Å². The Balaban J connectivity index is 1.79. The maximum Gasteiger partial charge on any atom is 0.258 e. The number of thiocarbonyl (C=S) groups is 1. The molecular formula is C24H25FN4O3S. The van der Waals surface area contributed by atoms with Crippen molar-refractivity contribution in [1.82, 2.24) is 20.4 Å². The number of allylic oxidation sites excluding steroid dienone is 1. The van der Waals surface area contributed by atoms with Gasteiger partial charge in [0.05, 0.1) is 25.8 Å². The Kier molecular flexibility index (Phi) is 6.60. The van der Waals surface area contributed by atoms with E-state index >= 15 is 0 Å². The van der Waals surface area contributed by atoms with E-state index < -0.39 is 0 Å². The molecule has 9 heteroatoms. The Morgan fingerprint density at radius 1 is 1.12 bits per heavy atom. The molecule has 3 aromatic rings. The van der Waals surface area contributed by atoms with Gasteiger partial charge in [0, 0.05) is 17.8 Å². The Labute approximate surface area is 197 Å². The summed E-state index contributed by atoms with van der Waals surface area (Å²) >= 11 is 5.62. The lowest BCUT2D eigenvalue weighted by atomic mass is 9.94. The predicted molar refractivity (Wildman–Crippen MR) is 127 cm³/mol. The van der Waals surface area contributed by atoms with Crippen LogP contribution in [0.5, 0.6) is 11.5 Å². The van der Waals surface area contributed by atoms with Crippen LogP contribution in [0.4, 0.5) is 4.39 Å². The minimum absolute atomic E-state index is 0.305. The number of nitrogens with zero attached hydrogens (tertiary/aromatic N) is 3. The van der Waals surface area contributed by atoms with Crippen LogP contribution in [-0.2, 0) is 0 Å². The molecule has 0 saturated carbocycles. The van der Waals surface area contributed by atoms with E-state index in [-0.39, 0.29) is 11.9 Å². The Hall–Kier alpha value is -3.46. The van der Waals surface area contributed by atoms with E-state index in [2.05, 4.69) is 22.4 Å². The Bertz CT molecular complexity index is 1190. The fourth-order valence-corrected chi connectivity index (χ4v) is 4.23. The van der Waals surface area contributed by atoms with Crippen molar-refractivity contribution in [2.75, 3.05) is 20.8 Å². The minimum Gasteiger partial charge on any atom is -0.493 e. The first kappa shape index (κ1) is 22.7. The van der Waals surface area contributed by atoms with Crippen LogP contribution in [0.15, 0.2) is 52.7 Å². The molecule has 2 heterocycles. The normalized spacial score (nSPS) is 16.1. The largest absolute Gasteiger partial charge is 0.493 e. The van der Waals surface area contributed by atoms with Gasteiger partial charge in [-0.15, -0.1) is 0 Å². The Morgan fingerprint density at radius 3 is 2.52 bits per heavy atom. The molecule has 1 N–H and O–H groups in total. The van der Waals surface area contributed by atoms with Crippen molar-refractivity contribution >= 4 is 22.9 Å². The Morgan fingerprint density at radius 2 is 1.85 bits per heavy atom.